The summed E-state index contributed by atoms with van der Waals surface area (Å²) >= 11 is 0. The van der Waals surface area contributed by atoms with Crippen LogP contribution in [0.1, 0.15) is 36.9 Å². The van der Waals surface area contributed by atoms with E-state index in [0.29, 0.717) is 54.6 Å². The van der Waals surface area contributed by atoms with Gasteiger partial charge in [-0.2, -0.15) is 0 Å². The number of aliphatic hydroxyl groups excluding tert-OH is 1. The molecule has 182 valence electrons. The van der Waals surface area contributed by atoms with Crippen molar-refractivity contribution in [2.45, 2.75) is 25.8 Å². The van der Waals surface area contributed by atoms with Crippen molar-refractivity contribution in [3.05, 3.63) is 59.2 Å². The van der Waals surface area contributed by atoms with Crippen LogP contribution in [0.15, 0.2) is 48.0 Å². The van der Waals surface area contributed by atoms with Gasteiger partial charge in [0.05, 0.1) is 38.0 Å². The first-order valence-corrected chi connectivity index (χ1v) is 11.2. The van der Waals surface area contributed by atoms with Gasteiger partial charge < -0.3 is 29.0 Å². The first kappa shape index (κ1) is 25.1. The van der Waals surface area contributed by atoms with Crippen LogP contribution in [0.2, 0.25) is 0 Å². The molecular weight excluding hydrogens is 438 g/mol. The Morgan fingerprint density at radius 2 is 1.68 bits per heavy atom. The van der Waals surface area contributed by atoms with Crippen molar-refractivity contribution in [3.8, 4) is 17.2 Å². The van der Waals surface area contributed by atoms with Crippen LogP contribution in [-0.2, 0) is 14.3 Å². The smallest absolute Gasteiger partial charge is 0.295 e. The number of likely N-dealkylation sites (tertiary alicyclic amines) is 1. The SMILES string of the molecule is CCCOc1ccc(C2/C(=C(/O)c3ccc(OC)cc3OC)C(=O)C(=O)N2CCCOC)cc1. The molecule has 1 aliphatic heterocycles. The van der Waals surface area contributed by atoms with Crippen molar-refractivity contribution in [1.29, 1.82) is 0 Å². The van der Waals surface area contributed by atoms with Gasteiger partial charge in [-0.05, 0) is 42.7 Å². The molecule has 1 heterocycles. The molecule has 3 rings (SSSR count). The summed E-state index contributed by atoms with van der Waals surface area (Å²) in [6.07, 6.45) is 1.43. The number of hydrogen-bond acceptors (Lipinski definition) is 7. The Labute approximate surface area is 199 Å². The van der Waals surface area contributed by atoms with Crippen LogP contribution in [-0.4, -0.2) is 62.8 Å². The number of ketones is 1. The number of rotatable bonds is 11. The Morgan fingerprint density at radius 1 is 0.971 bits per heavy atom. The molecule has 1 N–H and O–H groups in total. The van der Waals surface area contributed by atoms with Gasteiger partial charge in [0, 0.05) is 26.3 Å². The molecule has 1 saturated heterocycles. The molecule has 0 radical (unpaired) electrons. The van der Waals surface area contributed by atoms with Crippen molar-refractivity contribution < 1.29 is 33.6 Å². The van der Waals surface area contributed by atoms with E-state index < -0.39 is 17.7 Å². The van der Waals surface area contributed by atoms with Crippen LogP contribution >= 0.6 is 0 Å². The molecule has 34 heavy (non-hydrogen) atoms. The molecule has 0 bridgehead atoms. The normalized spacial score (nSPS) is 17.2. The van der Waals surface area contributed by atoms with E-state index in [-0.39, 0.29) is 11.3 Å². The molecule has 0 aliphatic carbocycles. The maximum absolute atomic E-state index is 13.1. The molecule has 0 saturated carbocycles. The number of hydrogen-bond donors (Lipinski definition) is 1. The Balaban J connectivity index is 2.11. The standard InChI is InChI=1S/C26H31NO7/c1-5-14-34-18-9-7-17(8-10-18)23-22(25(29)26(30)27(23)13-6-15-31-2)24(28)20-12-11-19(32-3)16-21(20)33-4/h7-12,16,23,28H,5-6,13-15H2,1-4H3/b24-22-. The third kappa shape index (κ3) is 5.17. The lowest BCUT2D eigenvalue weighted by atomic mass is 9.95. The largest absolute Gasteiger partial charge is 0.507 e. The summed E-state index contributed by atoms with van der Waals surface area (Å²) in [4.78, 5) is 27.6. The highest BCUT2D eigenvalue weighted by molar-refractivity contribution is 6.46. The second-order valence-corrected chi connectivity index (χ2v) is 7.82. The average Bonchev–Trinajstić information content (AvgIpc) is 3.12. The number of ether oxygens (including phenoxy) is 4. The topological polar surface area (TPSA) is 94.5 Å². The Bertz CT molecular complexity index is 1050. The highest BCUT2D eigenvalue weighted by atomic mass is 16.5. The molecule has 1 aliphatic rings. The second kappa shape index (κ2) is 11.6. The summed E-state index contributed by atoms with van der Waals surface area (Å²) in [6, 6.07) is 11.3. The van der Waals surface area contributed by atoms with E-state index in [0.717, 1.165) is 6.42 Å². The van der Waals surface area contributed by atoms with Gasteiger partial charge in [0.15, 0.2) is 0 Å². The number of benzene rings is 2. The first-order chi connectivity index (χ1) is 16.5. The molecule has 1 amide bonds. The summed E-state index contributed by atoms with van der Waals surface area (Å²) in [6.45, 7) is 3.35. The number of carbonyl (C=O) groups excluding carboxylic acids is 2. The highest BCUT2D eigenvalue weighted by Gasteiger charge is 2.46. The number of nitrogens with zero attached hydrogens (tertiary/aromatic N) is 1. The van der Waals surface area contributed by atoms with E-state index in [1.807, 2.05) is 19.1 Å². The fourth-order valence-electron chi connectivity index (χ4n) is 3.94. The molecule has 8 nitrogen and oxygen atoms in total. The lowest BCUT2D eigenvalue weighted by Gasteiger charge is -2.25. The molecule has 2 aromatic carbocycles. The van der Waals surface area contributed by atoms with Crippen molar-refractivity contribution in [3.63, 3.8) is 0 Å². The van der Waals surface area contributed by atoms with E-state index in [9.17, 15) is 14.7 Å². The summed E-state index contributed by atoms with van der Waals surface area (Å²) in [5, 5.41) is 11.3. The monoisotopic (exact) mass is 469 g/mol. The fourth-order valence-corrected chi connectivity index (χ4v) is 3.94. The summed E-state index contributed by atoms with van der Waals surface area (Å²) in [5.74, 6) is -0.162. The molecule has 0 spiro atoms. The van der Waals surface area contributed by atoms with Gasteiger partial charge in [-0.25, -0.2) is 0 Å². The Hall–Kier alpha value is -3.52. The van der Waals surface area contributed by atoms with Gasteiger partial charge in [0.25, 0.3) is 11.7 Å². The molecule has 1 fully saturated rings. The summed E-state index contributed by atoms with van der Waals surface area (Å²) < 4.78 is 21.4. The zero-order valence-corrected chi connectivity index (χ0v) is 20.0. The predicted molar refractivity (Wildman–Crippen MR) is 127 cm³/mol. The minimum Gasteiger partial charge on any atom is -0.507 e. The number of Topliss-reactive ketones (excluding diaryl/α,β-unsaturated/α-hetero) is 1. The van der Waals surface area contributed by atoms with Gasteiger partial charge in [0.2, 0.25) is 0 Å². The number of amides is 1. The van der Waals surface area contributed by atoms with E-state index in [2.05, 4.69) is 0 Å². The van der Waals surface area contributed by atoms with Crippen molar-refractivity contribution in [1.82, 2.24) is 4.90 Å². The number of aliphatic hydroxyl groups is 1. The maximum Gasteiger partial charge on any atom is 0.295 e. The minimum absolute atomic E-state index is 0.00751. The van der Waals surface area contributed by atoms with Crippen LogP contribution in [0.3, 0.4) is 0 Å². The zero-order valence-electron chi connectivity index (χ0n) is 20.0. The molecule has 0 aromatic heterocycles. The highest BCUT2D eigenvalue weighted by Crippen LogP contribution is 2.41. The van der Waals surface area contributed by atoms with Crippen LogP contribution < -0.4 is 14.2 Å². The van der Waals surface area contributed by atoms with Crippen molar-refractivity contribution >= 4 is 17.4 Å². The van der Waals surface area contributed by atoms with Crippen molar-refractivity contribution in [2.75, 3.05) is 41.1 Å². The number of carbonyl (C=O) groups is 2. The van der Waals surface area contributed by atoms with Crippen molar-refractivity contribution in [2.24, 2.45) is 0 Å². The molecule has 1 atom stereocenters. The summed E-state index contributed by atoms with van der Waals surface area (Å²) in [7, 11) is 4.56. The van der Waals surface area contributed by atoms with Gasteiger partial charge in [-0.15, -0.1) is 0 Å². The number of methoxy groups -OCH3 is 3. The van der Waals surface area contributed by atoms with Crippen LogP contribution in [0.4, 0.5) is 0 Å². The van der Waals surface area contributed by atoms with Crippen LogP contribution in [0.25, 0.3) is 5.76 Å². The average molecular weight is 470 g/mol. The lowest BCUT2D eigenvalue weighted by Crippen LogP contribution is -2.31. The van der Waals surface area contributed by atoms with E-state index in [1.165, 1.54) is 19.1 Å². The van der Waals surface area contributed by atoms with Gasteiger partial charge >= 0.3 is 0 Å². The van der Waals surface area contributed by atoms with E-state index in [4.69, 9.17) is 18.9 Å². The fraction of sp³-hybridized carbons (Fsp3) is 0.385. The minimum atomic E-state index is -0.760. The van der Waals surface area contributed by atoms with Gasteiger partial charge in [-0.3, -0.25) is 9.59 Å². The molecule has 2 aromatic rings. The third-order valence-electron chi connectivity index (χ3n) is 5.62. The van der Waals surface area contributed by atoms with E-state index in [1.54, 1.807) is 37.4 Å². The molecule has 8 heteroatoms. The summed E-state index contributed by atoms with van der Waals surface area (Å²) in [5.41, 5.74) is 0.994. The molecular formula is C26H31NO7. The van der Waals surface area contributed by atoms with Crippen LogP contribution in [0.5, 0.6) is 17.2 Å². The third-order valence-corrected chi connectivity index (χ3v) is 5.62. The lowest BCUT2D eigenvalue weighted by molar-refractivity contribution is -0.140. The predicted octanol–water partition coefficient (Wildman–Crippen LogP) is 3.95. The van der Waals surface area contributed by atoms with E-state index >= 15 is 0 Å². The van der Waals surface area contributed by atoms with Crippen LogP contribution in [0, 0.1) is 0 Å². The Morgan fingerprint density at radius 3 is 2.29 bits per heavy atom. The first-order valence-electron chi connectivity index (χ1n) is 11.2. The Kier molecular flexibility index (Phi) is 8.54. The van der Waals surface area contributed by atoms with Gasteiger partial charge in [-0.1, -0.05) is 19.1 Å². The maximum atomic E-state index is 13.1. The molecule has 1 unspecified atom stereocenters. The quantitative estimate of drug-likeness (QED) is 0.230. The van der Waals surface area contributed by atoms with Gasteiger partial charge in [0.1, 0.15) is 23.0 Å². The zero-order chi connectivity index (χ0) is 24.7. The second-order valence-electron chi connectivity index (χ2n) is 7.82.